The Morgan fingerprint density at radius 3 is 2.65 bits per heavy atom. The molecule has 0 spiro atoms. The first-order chi connectivity index (χ1) is 9.72. The summed E-state index contributed by atoms with van der Waals surface area (Å²) < 4.78 is 1.06. The number of anilines is 1. The molecule has 0 aromatic carbocycles. The van der Waals surface area contributed by atoms with Crippen molar-refractivity contribution in [2.24, 2.45) is 11.8 Å². The highest BCUT2D eigenvalue weighted by atomic mass is 79.9. The molecule has 3 nitrogen and oxygen atoms in total. The quantitative estimate of drug-likeness (QED) is 0.857. The highest BCUT2D eigenvalue weighted by Crippen LogP contribution is 2.52. The minimum Gasteiger partial charge on any atom is -0.369 e. The van der Waals surface area contributed by atoms with Crippen molar-refractivity contribution in [3.8, 4) is 0 Å². The summed E-state index contributed by atoms with van der Waals surface area (Å²) in [6, 6.07) is 0. The Labute approximate surface area is 130 Å². The van der Waals surface area contributed by atoms with E-state index in [1.54, 1.807) is 0 Å². The summed E-state index contributed by atoms with van der Waals surface area (Å²) in [5, 5.41) is 3.38. The molecule has 2 fully saturated rings. The van der Waals surface area contributed by atoms with E-state index in [9.17, 15) is 0 Å². The van der Waals surface area contributed by atoms with Crippen LogP contribution < -0.4 is 5.32 Å². The Balaban J connectivity index is 1.93. The third kappa shape index (κ3) is 2.59. The van der Waals surface area contributed by atoms with Crippen LogP contribution in [0, 0.1) is 11.8 Å². The van der Waals surface area contributed by atoms with Crippen molar-refractivity contribution in [1.29, 1.82) is 0 Å². The van der Waals surface area contributed by atoms with E-state index in [-0.39, 0.29) is 0 Å². The van der Waals surface area contributed by atoms with Gasteiger partial charge in [-0.2, -0.15) is 0 Å². The average molecular weight is 338 g/mol. The largest absolute Gasteiger partial charge is 0.369 e. The van der Waals surface area contributed by atoms with Crippen LogP contribution in [-0.2, 0) is 6.42 Å². The van der Waals surface area contributed by atoms with Crippen LogP contribution in [-0.4, -0.2) is 16.5 Å². The van der Waals surface area contributed by atoms with Crippen LogP contribution >= 0.6 is 15.9 Å². The molecule has 110 valence electrons. The number of aryl methyl sites for hydroxylation is 1. The first kappa shape index (κ1) is 14.3. The van der Waals surface area contributed by atoms with Crippen molar-refractivity contribution in [2.75, 3.05) is 11.9 Å². The van der Waals surface area contributed by atoms with Crippen LogP contribution in [0.3, 0.4) is 0 Å². The monoisotopic (exact) mass is 337 g/mol. The number of halogens is 1. The zero-order chi connectivity index (χ0) is 14.1. The number of hydrogen-bond acceptors (Lipinski definition) is 3. The van der Waals surface area contributed by atoms with Gasteiger partial charge in [-0.3, -0.25) is 0 Å². The van der Waals surface area contributed by atoms with E-state index in [0.29, 0.717) is 5.92 Å². The molecule has 1 heterocycles. The maximum absolute atomic E-state index is 4.91. The lowest BCUT2D eigenvalue weighted by Gasteiger charge is -2.22. The molecule has 3 rings (SSSR count). The smallest absolute Gasteiger partial charge is 0.144 e. The fourth-order valence-corrected chi connectivity index (χ4v) is 4.44. The van der Waals surface area contributed by atoms with Gasteiger partial charge in [0.15, 0.2) is 0 Å². The number of nitrogens with one attached hydrogen (secondary N) is 1. The molecule has 20 heavy (non-hydrogen) atoms. The molecule has 1 aromatic heterocycles. The molecule has 1 aromatic rings. The number of aromatic nitrogens is 2. The van der Waals surface area contributed by atoms with Gasteiger partial charge in [0.05, 0.1) is 10.2 Å². The van der Waals surface area contributed by atoms with E-state index < -0.39 is 0 Å². The van der Waals surface area contributed by atoms with Crippen LogP contribution in [0.25, 0.3) is 0 Å². The first-order valence-electron chi connectivity index (χ1n) is 8.03. The Kier molecular flexibility index (Phi) is 4.29. The van der Waals surface area contributed by atoms with Crippen LogP contribution in [0.1, 0.15) is 63.4 Å². The molecule has 0 radical (unpaired) electrons. The van der Waals surface area contributed by atoms with E-state index in [2.05, 4.69) is 35.1 Å². The lowest BCUT2D eigenvalue weighted by molar-refractivity contribution is 0.404. The van der Waals surface area contributed by atoms with Gasteiger partial charge in [-0.25, -0.2) is 9.97 Å². The molecule has 0 amide bonds. The van der Waals surface area contributed by atoms with Crippen molar-refractivity contribution < 1.29 is 0 Å². The molecule has 3 unspecified atom stereocenters. The minimum atomic E-state index is 0.606. The summed E-state index contributed by atoms with van der Waals surface area (Å²) in [5.41, 5.74) is 1.18. The van der Waals surface area contributed by atoms with Crippen molar-refractivity contribution >= 4 is 21.7 Å². The van der Waals surface area contributed by atoms with Crippen LogP contribution in [0.15, 0.2) is 4.47 Å². The lowest BCUT2D eigenvalue weighted by atomic mass is 9.88. The van der Waals surface area contributed by atoms with Gasteiger partial charge in [-0.15, -0.1) is 0 Å². The molecule has 0 saturated heterocycles. The lowest BCUT2D eigenvalue weighted by Crippen LogP contribution is -2.15. The Morgan fingerprint density at radius 1 is 1.20 bits per heavy atom. The minimum absolute atomic E-state index is 0.606. The van der Waals surface area contributed by atoms with E-state index >= 15 is 0 Å². The number of nitrogens with zero attached hydrogens (tertiary/aromatic N) is 2. The third-order valence-corrected chi connectivity index (χ3v) is 5.67. The highest BCUT2D eigenvalue weighted by Gasteiger charge is 2.41. The second-order valence-corrected chi connectivity index (χ2v) is 7.05. The van der Waals surface area contributed by atoms with E-state index in [1.165, 1.54) is 31.4 Å². The maximum atomic E-state index is 4.91. The van der Waals surface area contributed by atoms with Gasteiger partial charge in [0.2, 0.25) is 0 Å². The Bertz CT molecular complexity index is 462. The van der Waals surface area contributed by atoms with E-state index in [4.69, 9.17) is 9.97 Å². The highest BCUT2D eigenvalue weighted by molar-refractivity contribution is 9.10. The molecule has 2 aliphatic carbocycles. The fourth-order valence-electron chi connectivity index (χ4n) is 3.93. The number of hydrogen-bond donors (Lipinski definition) is 1. The predicted molar refractivity (Wildman–Crippen MR) is 86.1 cm³/mol. The van der Waals surface area contributed by atoms with Crippen LogP contribution in [0.4, 0.5) is 5.82 Å². The molecule has 2 bridgehead atoms. The number of rotatable bonds is 5. The van der Waals surface area contributed by atoms with Gasteiger partial charge in [0.25, 0.3) is 0 Å². The van der Waals surface area contributed by atoms with Gasteiger partial charge in [0, 0.05) is 12.5 Å². The third-order valence-electron chi connectivity index (χ3n) is 4.84. The predicted octanol–water partition coefficient (Wildman–Crippen LogP) is 4.53. The molecule has 1 N–H and O–H groups in total. The van der Waals surface area contributed by atoms with E-state index in [1.807, 2.05) is 0 Å². The summed E-state index contributed by atoms with van der Waals surface area (Å²) >= 11 is 3.68. The molecule has 2 aliphatic rings. The second-order valence-electron chi connectivity index (χ2n) is 6.25. The van der Waals surface area contributed by atoms with Gasteiger partial charge in [0.1, 0.15) is 11.6 Å². The van der Waals surface area contributed by atoms with Crippen molar-refractivity contribution in [1.82, 2.24) is 9.97 Å². The van der Waals surface area contributed by atoms with Crippen molar-refractivity contribution in [3.63, 3.8) is 0 Å². The molecular weight excluding hydrogens is 314 g/mol. The molecular formula is C16H24BrN3. The molecule has 3 atom stereocenters. The van der Waals surface area contributed by atoms with Gasteiger partial charge < -0.3 is 5.32 Å². The van der Waals surface area contributed by atoms with Crippen LogP contribution in [0.2, 0.25) is 0 Å². The van der Waals surface area contributed by atoms with Crippen LogP contribution in [0.5, 0.6) is 0 Å². The molecule has 2 saturated carbocycles. The summed E-state index contributed by atoms with van der Waals surface area (Å²) in [5.74, 6) is 4.47. The first-order valence-corrected chi connectivity index (χ1v) is 8.82. The molecule has 0 aliphatic heterocycles. The Morgan fingerprint density at radius 2 is 2.05 bits per heavy atom. The normalized spacial score (nSPS) is 28.1. The van der Waals surface area contributed by atoms with Gasteiger partial charge in [-0.1, -0.05) is 19.8 Å². The van der Waals surface area contributed by atoms with Gasteiger partial charge >= 0.3 is 0 Å². The SMILES string of the molecule is CCCc1nc(C2CC3CCC2C3)nc(NCC)c1Br. The van der Waals surface area contributed by atoms with Gasteiger partial charge in [-0.05, 0) is 60.4 Å². The summed E-state index contributed by atoms with van der Waals surface area (Å²) in [4.78, 5) is 9.74. The maximum Gasteiger partial charge on any atom is 0.144 e. The Hall–Kier alpha value is -0.640. The molecule has 4 heteroatoms. The standard InChI is InChI=1S/C16H24BrN3/c1-3-5-13-14(17)16(18-4-2)20-15(19-13)12-9-10-6-7-11(12)8-10/h10-12H,3-9H2,1-2H3,(H,18,19,20). The topological polar surface area (TPSA) is 37.8 Å². The summed E-state index contributed by atoms with van der Waals surface area (Å²) in [6.45, 7) is 5.22. The van der Waals surface area contributed by atoms with Crippen molar-refractivity contribution in [2.45, 2.75) is 58.3 Å². The second kappa shape index (κ2) is 6.00. The van der Waals surface area contributed by atoms with E-state index in [0.717, 1.165) is 47.3 Å². The fraction of sp³-hybridized carbons (Fsp3) is 0.750. The zero-order valence-electron chi connectivity index (χ0n) is 12.5. The zero-order valence-corrected chi connectivity index (χ0v) is 14.0. The summed E-state index contributed by atoms with van der Waals surface area (Å²) in [7, 11) is 0. The van der Waals surface area contributed by atoms with Crippen molar-refractivity contribution in [3.05, 3.63) is 16.0 Å². The number of fused-ring (bicyclic) bond motifs is 2. The summed E-state index contributed by atoms with van der Waals surface area (Å²) in [6.07, 6.45) is 7.67. The average Bonchev–Trinajstić information content (AvgIpc) is 3.06.